The first-order chi connectivity index (χ1) is 7.79. The van der Waals surface area contributed by atoms with E-state index in [2.05, 4.69) is 0 Å². The largest absolute Gasteiger partial charge is 0.394 e. The molecule has 0 aliphatic carbocycles. The van der Waals surface area contributed by atoms with Crippen molar-refractivity contribution in [1.29, 1.82) is 0 Å². The third-order valence-corrected chi connectivity index (χ3v) is 2.67. The normalized spacial score (nSPS) is 29.5. The maximum atomic E-state index is 9.28. The number of ether oxygens (including phenoxy) is 2. The first-order valence-electron chi connectivity index (χ1n) is 5.39. The molecule has 1 aromatic carbocycles. The van der Waals surface area contributed by atoms with Gasteiger partial charge in [-0.2, -0.15) is 0 Å². The lowest BCUT2D eigenvalue weighted by atomic mass is 10.2. The van der Waals surface area contributed by atoms with E-state index in [0.717, 1.165) is 5.56 Å². The van der Waals surface area contributed by atoms with Crippen molar-refractivity contribution in [3.8, 4) is 0 Å². The Labute approximate surface area is 94.4 Å². The van der Waals surface area contributed by atoms with Gasteiger partial charge in [0.2, 0.25) is 0 Å². The van der Waals surface area contributed by atoms with Crippen LogP contribution in [0.5, 0.6) is 0 Å². The van der Waals surface area contributed by atoms with Crippen LogP contribution < -0.4 is 0 Å². The van der Waals surface area contributed by atoms with E-state index in [1.54, 1.807) is 0 Å². The van der Waals surface area contributed by atoms with E-state index in [-0.39, 0.29) is 12.7 Å². The second-order valence-corrected chi connectivity index (χ2v) is 3.88. The molecule has 0 bridgehead atoms. The fourth-order valence-corrected chi connectivity index (χ4v) is 1.81. The van der Waals surface area contributed by atoms with Crippen molar-refractivity contribution in [2.75, 3.05) is 6.61 Å². The van der Waals surface area contributed by atoms with Gasteiger partial charge in [0.1, 0.15) is 6.10 Å². The summed E-state index contributed by atoms with van der Waals surface area (Å²) in [6.07, 6.45) is -1.06. The molecule has 0 radical (unpaired) electrons. The van der Waals surface area contributed by atoms with Gasteiger partial charge in [-0.15, -0.1) is 0 Å². The summed E-state index contributed by atoms with van der Waals surface area (Å²) in [5.41, 5.74) is 1.07. The summed E-state index contributed by atoms with van der Waals surface area (Å²) in [7, 11) is 0. The standard InChI is InChI=1S/C12H16O4/c13-7-11-10(6-12(14)16-11)15-8-9-4-2-1-3-5-9/h1-5,10-14H,6-8H2/t10-,11+,12+/m1/s1. The average Bonchev–Trinajstić information content (AvgIpc) is 2.68. The van der Waals surface area contributed by atoms with Gasteiger partial charge in [-0.3, -0.25) is 0 Å². The van der Waals surface area contributed by atoms with E-state index >= 15 is 0 Å². The van der Waals surface area contributed by atoms with E-state index in [1.807, 2.05) is 30.3 Å². The third kappa shape index (κ3) is 2.80. The summed E-state index contributed by atoms with van der Waals surface area (Å²) in [5, 5.41) is 18.3. The molecule has 4 nitrogen and oxygen atoms in total. The van der Waals surface area contributed by atoms with Crippen molar-refractivity contribution >= 4 is 0 Å². The predicted molar refractivity (Wildman–Crippen MR) is 57.6 cm³/mol. The fourth-order valence-electron chi connectivity index (χ4n) is 1.81. The molecule has 2 N–H and O–H groups in total. The Morgan fingerprint density at radius 1 is 1.31 bits per heavy atom. The molecule has 0 amide bonds. The molecule has 0 saturated carbocycles. The van der Waals surface area contributed by atoms with Crippen molar-refractivity contribution < 1.29 is 19.7 Å². The van der Waals surface area contributed by atoms with Crippen LogP contribution >= 0.6 is 0 Å². The van der Waals surface area contributed by atoms with Crippen molar-refractivity contribution in [3.63, 3.8) is 0 Å². The summed E-state index contributed by atoms with van der Waals surface area (Å²) in [4.78, 5) is 0. The lowest BCUT2D eigenvalue weighted by Gasteiger charge is -2.16. The highest BCUT2D eigenvalue weighted by Gasteiger charge is 2.34. The summed E-state index contributed by atoms with van der Waals surface area (Å²) in [6, 6.07) is 9.78. The molecule has 16 heavy (non-hydrogen) atoms. The van der Waals surface area contributed by atoms with Gasteiger partial charge in [0.15, 0.2) is 6.29 Å². The number of hydrogen-bond donors (Lipinski definition) is 2. The zero-order valence-corrected chi connectivity index (χ0v) is 8.95. The Bertz CT molecular complexity index is 314. The van der Waals surface area contributed by atoms with E-state index in [4.69, 9.17) is 14.6 Å². The maximum Gasteiger partial charge on any atom is 0.157 e. The minimum absolute atomic E-state index is 0.128. The number of rotatable bonds is 4. The Morgan fingerprint density at radius 3 is 2.75 bits per heavy atom. The number of benzene rings is 1. The average molecular weight is 224 g/mol. The minimum Gasteiger partial charge on any atom is -0.394 e. The van der Waals surface area contributed by atoms with Gasteiger partial charge in [0.25, 0.3) is 0 Å². The molecule has 4 heteroatoms. The molecular formula is C12H16O4. The van der Waals surface area contributed by atoms with Gasteiger partial charge in [-0.05, 0) is 5.56 Å². The van der Waals surface area contributed by atoms with Crippen LogP contribution in [0.1, 0.15) is 12.0 Å². The SMILES string of the molecule is OC[C@@H]1O[C@H](O)C[C@H]1OCc1ccccc1. The van der Waals surface area contributed by atoms with Crippen LogP contribution in [-0.4, -0.2) is 35.3 Å². The zero-order valence-electron chi connectivity index (χ0n) is 8.95. The predicted octanol–water partition coefficient (Wildman–Crippen LogP) is 0.671. The van der Waals surface area contributed by atoms with Gasteiger partial charge in [0, 0.05) is 6.42 Å². The molecule has 2 rings (SSSR count). The van der Waals surface area contributed by atoms with Crippen molar-refractivity contribution in [3.05, 3.63) is 35.9 Å². The van der Waals surface area contributed by atoms with Crippen LogP contribution in [-0.2, 0) is 16.1 Å². The molecule has 1 aromatic rings. The molecule has 0 spiro atoms. The molecule has 1 saturated heterocycles. The Kier molecular flexibility index (Phi) is 3.90. The highest BCUT2D eigenvalue weighted by molar-refractivity contribution is 5.13. The summed E-state index contributed by atoms with van der Waals surface area (Å²) in [5.74, 6) is 0. The molecule has 88 valence electrons. The highest BCUT2D eigenvalue weighted by Crippen LogP contribution is 2.22. The van der Waals surface area contributed by atoms with Gasteiger partial charge < -0.3 is 19.7 Å². The fraction of sp³-hybridized carbons (Fsp3) is 0.500. The lowest BCUT2D eigenvalue weighted by Crippen LogP contribution is -2.27. The second-order valence-electron chi connectivity index (χ2n) is 3.88. The van der Waals surface area contributed by atoms with Crippen molar-refractivity contribution in [2.24, 2.45) is 0 Å². The van der Waals surface area contributed by atoms with E-state index < -0.39 is 12.4 Å². The highest BCUT2D eigenvalue weighted by atomic mass is 16.6. The topological polar surface area (TPSA) is 58.9 Å². The van der Waals surface area contributed by atoms with E-state index in [1.165, 1.54) is 0 Å². The molecule has 0 aromatic heterocycles. The Morgan fingerprint density at radius 2 is 2.06 bits per heavy atom. The van der Waals surface area contributed by atoms with Crippen molar-refractivity contribution in [2.45, 2.75) is 31.5 Å². The molecule has 1 heterocycles. The van der Waals surface area contributed by atoms with Crippen LogP contribution in [0.3, 0.4) is 0 Å². The van der Waals surface area contributed by atoms with Crippen LogP contribution in [0.4, 0.5) is 0 Å². The Hall–Kier alpha value is -0.940. The quantitative estimate of drug-likeness (QED) is 0.789. The van der Waals surface area contributed by atoms with Gasteiger partial charge in [-0.25, -0.2) is 0 Å². The van der Waals surface area contributed by atoms with E-state index in [9.17, 15) is 5.11 Å². The summed E-state index contributed by atoms with van der Waals surface area (Å²) in [6.45, 7) is 0.342. The number of aliphatic hydroxyl groups is 2. The van der Waals surface area contributed by atoms with Crippen LogP contribution in [0.25, 0.3) is 0 Å². The minimum atomic E-state index is -0.821. The lowest BCUT2D eigenvalue weighted by molar-refractivity contribution is -0.112. The molecule has 0 unspecified atom stereocenters. The molecule has 1 aliphatic heterocycles. The molecular weight excluding hydrogens is 208 g/mol. The third-order valence-electron chi connectivity index (χ3n) is 2.67. The molecule has 3 atom stereocenters. The summed E-state index contributed by atoms with van der Waals surface area (Å²) >= 11 is 0. The smallest absolute Gasteiger partial charge is 0.157 e. The second kappa shape index (κ2) is 5.41. The zero-order chi connectivity index (χ0) is 11.4. The molecule has 1 aliphatic rings. The molecule has 1 fully saturated rings. The summed E-state index contributed by atoms with van der Waals surface area (Å²) < 4.78 is 10.7. The Balaban J connectivity index is 1.86. The number of hydrogen-bond acceptors (Lipinski definition) is 4. The van der Waals surface area contributed by atoms with Crippen LogP contribution in [0, 0.1) is 0 Å². The van der Waals surface area contributed by atoms with Gasteiger partial charge in [-0.1, -0.05) is 30.3 Å². The van der Waals surface area contributed by atoms with Crippen molar-refractivity contribution in [1.82, 2.24) is 0 Å². The number of aliphatic hydroxyl groups excluding tert-OH is 2. The first kappa shape index (κ1) is 11.5. The van der Waals surface area contributed by atoms with Crippen LogP contribution in [0.2, 0.25) is 0 Å². The van der Waals surface area contributed by atoms with E-state index in [0.29, 0.717) is 13.0 Å². The van der Waals surface area contributed by atoms with Gasteiger partial charge in [0.05, 0.1) is 19.3 Å². The maximum absolute atomic E-state index is 9.28. The monoisotopic (exact) mass is 224 g/mol. The first-order valence-corrected chi connectivity index (χ1v) is 5.39. The van der Waals surface area contributed by atoms with Crippen LogP contribution in [0.15, 0.2) is 30.3 Å². The van der Waals surface area contributed by atoms with Gasteiger partial charge >= 0.3 is 0 Å².